The van der Waals surface area contributed by atoms with Crippen molar-refractivity contribution >= 4 is 29.2 Å². The van der Waals surface area contributed by atoms with E-state index in [1.807, 2.05) is 24.8 Å². The van der Waals surface area contributed by atoms with Crippen molar-refractivity contribution in [3.63, 3.8) is 0 Å². The Hall–Kier alpha value is -3.04. The predicted molar refractivity (Wildman–Crippen MR) is 135 cm³/mol. The van der Waals surface area contributed by atoms with E-state index >= 15 is 4.39 Å². The van der Waals surface area contributed by atoms with Gasteiger partial charge in [-0.2, -0.15) is 5.10 Å². The average Bonchev–Trinajstić information content (AvgIpc) is 3.26. The lowest BCUT2D eigenvalue weighted by atomic mass is 9.74. The van der Waals surface area contributed by atoms with E-state index in [0.717, 1.165) is 5.69 Å². The minimum absolute atomic E-state index is 0.0327. The topological polar surface area (TPSA) is 94.1 Å². The van der Waals surface area contributed by atoms with Crippen LogP contribution in [-0.4, -0.2) is 44.2 Å². The van der Waals surface area contributed by atoms with Gasteiger partial charge in [0.1, 0.15) is 17.5 Å². The van der Waals surface area contributed by atoms with Crippen LogP contribution in [0.25, 0.3) is 0 Å². The maximum Gasteiger partial charge on any atom is 0.310 e. The predicted octanol–water partition coefficient (Wildman–Crippen LogP) is 5.57. The normalized spacial score (nSPS) is 15.7. The standard InChI is InChI=1S/C26H30ClF2N5O2/c1-4-18-16(3)24(31-21-12-15(2)32-33-21)30-20(23(18)29)13-26(25(35)36)8-10-34(11-9-26)14-17-6-5-7-19(27)22(17)28/h5-7,12H,4,8-11,13-14H2,1-3H3,(H,35,36)(H2,30,31,32,33). The van der Waals surface area contributed by atoms with E-state index in [0.29, 0.717) is 67.2 Å². The molecule has 3 aromatic rings. The SMILES string of the molecule is CCc1c(C)c(Nc2cc(C)[nH]n2)nc(CC2(C(=O)O)CCN(Cc3cccc(Cl)c3F)CC2)c1F. The summed E-state index contributed by atoms with van der Waals surface area (Å²) in [6.45, 7) is 6.72. The van der Waals surface area contributed by atoms with E-state index in [1.165, 1.54) is 6.07 Å². The number of likely N-dealkylation sites (tertiary alicyclic amines) is 1. The van der Waals surface area contributed by atoms with Gasteiger partial charge in [-0.15, -0.1) is 0 Å². The quantitative estimate of drug-likeness (QED) is 0.362. The van der Waals surface area contributed by atoms with Gasteiger partial charge in [-0.05, 0) is 63.4 Å². The van der Waals surface area contributed by atoms with Crippen molar-refractivity contribution in [3.8, 4) is 0 Å². The number of carboxylic acids is 1. The molecule has 0 atom stereocenters. The number of hydrogen-bond acceptors (Lipinski definition) is 5. The summed E-state index contributed by atoms with van der Waals surface area (Å²) in [4.78, 5) is 19.0. The molecule has 0 aliphatic carbocycles. The van der Waals surface area contributed by atoms with Crippen LogP contribution >= 0.6 is 11.6 Å². The van der Waals surface area contributed by atoms with Crippen LogP contribution in [0.1, 0.15) is 47.8 Å². The minimum atomic E-state index is -1.17. The number of hydrogen-bond donors (Lipinski definition) is 3. The summed E-state index contributed by atoms with van der Waals surface area (Å²) >= 11 is 5.90. The molecule has 1 saturated heterocycles. The van der Waals surface area contributed by atoms with Crippen molar-refractivity contribution in [3.05, 3.63) is 69.0 Å². The Morgan fingerprint density at radius 1 is 1.25 bits per heavy atom. The number of carbonyl (C=O) groups is 1. The Bertz CT molecular complexity index is 1270. The van der Waals surface area contributed by atoms with Crippen LogP contribution in [0, 0.1) is 30.9 Å². The van der Waals surface area contributed by atoms with Crippen molar-refractivity contribution in [2.24, 2.45) is 5.41 Å². The van der Waals surface area contributed by atoms with Crippen molar-refractivity contribution in [1.29, 1.82) is 0 Å². The number of H-pyrrole nitrogens is 1. The number of halogens is 3. The molecule has 36 heavy (non-hydrogen) atoms. The number of nitrogens with one attached hydrogen (secondary N) is 2. The van der Waals surface area contributed by atoms with Gasteiger partial charge in [0.15, 0.2) is 5.82 Å². The molecular weight excluding hydrogens is 488 g/mol. The van der Waals surface area contributed by atoms with E-state index in [2.05, 4.69) is 20.5 Å². The average molecular weight is 518 g/mol. The molecule has 3 N–H and O–H groups in total. The maximum absolute atomic E-state index is 15.5. The summed E-state index contributed by atoms with van der Waals surface area (Å²) in [5, 5.41) is 20.4. The molecule has 0 amide bonds. The van der Waals surface area contributed by atoms with Gasteiger partial charge in [0, 0.05) is 30.3 Å². The fourth-order valence-electron chi connectivity index (χ4n) is 4.85. The number of benzene rings is 1. The number of aromatic nitrogens is 3. The number of aliphatic carboxylic acids is 1. The van der Waals surface area contributed by atoms with Gasteiger partial charge >= 0.3 is 5.97 Å². The van der Waals surface area contributed by atoms with E-state index in [4.69, 9.17) is 11.6 Å². The Labute approximate surface area is 213 Å². The molecule has 192 valence electrons. The van der Waals surface area contributed by atoms with Crippen LogP contribution in [0.4, 0.5) is 20.4 Å². The third kappa shape index (κ3) is 5.22. The van der Waals surface area contributed by atoms with E-state index in [1.54, 1.807) is 19.1 Å². The number of aromatic amines is 1. The molecule has 0 radical (unpaired) electrons. The second-order valence-corrected chi connectivity index (χ2v) is 9.90. The second-order valence-electron chi connectivity index (χ2n) is 9.49. The number of rotatable bonds is 8. The smallest absolute Gasteiger partial charge is 0.310 e. The van der Waals surface area contributed by atoms with Crippen LogP contribution in [0.15, 0.2) is 24.3 Å². The van der Waals surface area contributed by atoms with Crippen LogP contribution in [0.3, 0.4) is 0 Å². The van der Waals surface area contributed by atoms with Crippen LogP contribution in [0.2, 0.25) is 5.02 Å². The first-order chi connectivity index (χ1) is 17.1. The summed E-state index contributed by atoms with van der Waals surface area (Å²) in [6, 6.07) is 6.68. The third-order valence-electron chi connectivity index (χ3n) is 7.08. The van der Waals surface area contributed by atoms with E-state index in [-0.39, 0.29) is 17.1 Å². The van der Waals surface area contributed by atoms with E-state index in [9.17, 15) is 14.3 Å². The molecule has 7 nitrogen and oxygen atoms in total. The number of nitrogens with zero attached hydrogens (tertiary/aromatic N) is 3. The van der Waals surface area contributed by atoms with Gasteiger partial charge in [-0.3, -0.25) is 14.8 Å². The zero-order valence-corrected chi connectivity index (χ0v) is 21.3. The van der Waals surface area contributed by atoms with Gasteiger partial charge in [-0.25, -0.2) is 13.8 Å². The van der Waals surface area contributed by atoms with Gasteiger partial charge < -0.3 is 10.4 Å². The Kier molecular flexibility index (Phi) is 7.61. The summed E-state index contributed by atoms with van der Waals surface area (Å²) in [6.07, 6.45) is 1.00. The van der Waals surface area contributed by atoms with Crippen molar-refractivity contribution < 1.29 is 18.7 Å². The molecule has 0 unspecified atom stereocenters. The van der Waals surface area contributed by atoms with Crippen LogP contribution in [-0.2, 0) is 24.2 Å². The molecule has 1 aromatic carbocycles. The molecule has 1 fully saturated rings. The molecule has 1 aliphatic rings. The first-order valence-electron chi connectivity index (χ1n) is 12.0. The van der Waals surface area contributed by atoms with Crippen LogP contribution in [0.5, 0.6) is 0 Å². The summed E-state index contributed by atoms with van der Waals surface area (Å²) in [5.74, 6) is -0.878. The summed E-state index contributed by atoms with van der Waals surface area (Å²) in [7, 11) is 0. The zero-order chi connectivity index (χ0) is 26.0. The fourth-order valence-corrected chi connectivity index (χ4v) is 5.04. The highest BCUT2D eigenvalue weighted by molar-refractivity contribution is 6.30. The fraction of sp³-hybridized carbons (Fsp3) is 0.423. The lowest BCUT2D eigenvalue weighted by Gasteiger charge is -2.39. The number of pyridine rings is 1. The first-order valence-corrected chi connectivity index (χ1v) is 12.4. The molecule has 3 heterocycles. The Morgan fingerprint density at radius 3 is 2.58 bits per heavy atom. The molecule has 0 saturated carbocycles. The van der Waals surface area contributed by atoms with Gasteiger partial charge in [0.05, 0.1) is 16.1 Å². The molecule has 0 spiro atoms. The van der Waals surface area contributed by atoms with Gasteiger partial charge in [0.2, 0.25) is 0 Å². The number of piperidine rings is 1. The zero-order valence-electron chi connectivity index (χ0n) is 20.6. The highest BCUT2D eigenvalue weighted by atomic mass is 35.5. The summed E-state index contributed by atoms with van der Waals surface area (Å²) < 4.78 is 29.9. The molecule has 1 aliphatic heterocycles. The monoisotopic (exact) mass is 517 g/mol. The largest absolute Gasteiger partial charge is 0.481 e. The van der Waals surface area contributed by atoms with Crippen molar-refractivity contribution in [2.45, 2.75) is 53.0 Å². The molecule has 2 aromatic heterocycles. The van der Waals surface area contributed by atoms with Crippen molar-refractivity contribution in [2.75, 3.05) is 18.4 Å². The lowest BCUT2D eigenvalue weighted by Crippen LogP contribution is -2.45. The highest BCUT2D eigenvalue weighted by Gasteiger charge is 2.43. The Balaban J connectivity index is 1.57. The Morgan fingerprint density at radius 2 is 1.97 bits per heavy atom. The molecule has 0 bridgehead atoms. The van der Waals surface area contributed by atoms with Crippen molar-refractivity contribution in [1.82, 2.24) is 20.1 Å². The lowest BCUT2D eigenvalue weighted by molar-refractivity contribution is -0.152. The maximum atomic E-state index is 15.5. The number of carboxylic acid groups (broad SMARTS) is 1. The van der Waals surface area contributed by atoms with E-state index < -0.39 is 23.0 Å². The molecular formula is C26H30ClF2N5O2. The third-order valence-corrected chi connectivity index (χ3v) is 7.37. The molecule has 4 rings (SSSR count). The molecule has 10 heteroatoms. The minimum Gasteiger partial charge on any atom is -0.481 e. The van der Waals surface area contributed by atoms with Crippen LogP contribution < -0.4 is 5.32 Å². The summed E-state index contributed by atoms with van der Waals surface area (Å²) in [5.41, 5.74) is 1.46. The van der Waals surface area contributed by atoms with Gasteiger partial charge in [0.25, 0.3) is 0 Å². The second kappa shape index (κ2) is 10.5. The van der Waals surface area contributed by atoms with Gasteiger partial charge in [-0.1, -0.05) is 30.7 Å². The first kappa shape index (κ1) is 26.0. The number of anilines is 2. The number of aryl methyl sites for hydroxylation is 1. The highest BCUT2D eigenvalue weighted by Crippen LogP contribution is 2.38.